The molecule has 0 bridgehead atoms. The summed E-state index contributed by atoms with van der Waals surface area (Å²) in [4.78, 5) is 14.7. The van der Waals surface area contributed by atoms with E-state index in [1.54, 1.807) is 19.1 Å². The van der Waals surface area contributed by atoms with Crippen molar-refractivity contribution in [2.75, 3.05) is 23.3 Å². The number of hydrogen-bond acceptors (Lipinski definition) is 3. The Balaban J connectivity index is 1.58. The third kappa shape index (κ3) is 4.45. The maximum absolute atomic E-state index is 12.3. The predicted octanol–water partition coefficient (Wildman–Crippen LogP) is 4.65. The Morgan fingerprint density at radius 3 is 2.48 bits per heavy atom. The lowest BCUT2D eigenvalue weighted by Gasteiger charge is -2.18. The summed E-state index contributed by atoms with van der Waals surface area (Å²) >= 11 is 6.01. The Morgan fingerprint density at radius 1 is 1.16 bits per heavy atom. The molecule has 1 heterocycles. The maximum atomic E-state index is 12.3. The first-order chi connectivity index (χ1) is 12.0. The summed E-state index contributed by atoms with van der Waals surface area (Å²) < 4.78 is 5.71. The SMILES string of the molecule is Cc1cc(O[C@H](C)C(=O)Nc2ccc(N3CCCC3)cc2)ccc1Cl. The van der Waals surface area contributed by atoms with Crippen molar-refractivity contribution in [2.24, 2.45) is 0 Å². The first-order valence-corrected chi connectivity index (χ1v) is 8.99. The second-order valence-electron chi connectivity index (χ2n) is 6.40. The van der Waals surface area contributed by atoms with E-state index in [1.165, 1.54) is 18.5 Å². The molecule has 0 aliphatic carbocycles. The summed E-state index contributed by atoms with van der Waals surface area (Å²) in [6, 6.07) is 13.3. The summed E-state index contributed by atoms with van der Waals surface area (Å²) in [6.07, 6.45) is 1.90. The zero-order valence-corrected chi connectivity index (χ0v) is 15.3. The van der Waals surface area contributed by atoms with Crippen molar-refractivity contribution in [1.29, 1.82) is 0 Å². The Labute approximate surface area is 153 Å². The second-order valence-corrected chi connectivity index (χ2v) is 6.81. The van der Waals surface area contributed by atoms with E-state index in [0.29, 0.717) is 10.8 Å². The van der Waals surface area contributed by atoms with Crippen molar-refractivity contribution in [3.05, 3.63) is 53.1 Å². The Morgan fingerprint density at radius 2 is 1.84 bits per heavy atom. The van der Waals surface area contributed by atoms with Crippen molar-refractivity contribution in [2.45, 2.75) is 32.8 Å². The summed E-state index contributed by atoms with van der Waals surface area (Å²) in [5, 5.41) is 3.58. The van der Waals surface area contributed by atoms with E-state index in [2.05, 4.69) is 22.3 Å². The lowest BCUT2D eigenvalue weighted by molar-refractivity contribution is -0.122. The van der Waals surface area contributed by atoms with E-state index >= 15 is 0 Å². The van der Waals surface area contributed by atoms with E-state index in [1.807, 2.05) is 25.1 Å². The van der Waals surface area contributed by atoms with Crippen LogP contribution in [0, 0.1) is 6.92 Å². The van der Waals surface area contributed by atoms with Gasteiger partial charge in [-0.2, -0.15) is 0 Å². The minimum absolute atomic E-state index is 0.179. The van der Waals surface area contributed by atoms with Crippen molar-refractivity contribution in [1.82, 2.24) is 0 Å². The van der Waals surface area contributed by atoms with Crippen LogP contribution in [-0.2, 0) is 4.79 Å². The van der Waals surface area contributed by atoms with Crippen molar-refractivity contribution >= 4 is 28.9 Å². The molecule has 2 aromatic rings. The molecule has 0 radical (unpaired) electrons. The molecule has 132 valence electrons. The standard InChI is InChI=1S/C20H23ClN2O2/c1-14-13-18(9-10-19(14)21)25-15(2)20(24)22-16-5-7-17(8-6-16)23-11-3-4-12-23/h5-10,13,15H,3-4,11-12H2,1-2H3,(H,22,24)/t15-/m1/s1. The zero-order valence-electron chi connectivity index (χ0n) is 14.6. The minimum atomic E-state index is -0.598. The number of halogens is 1. The van der Waals surface area contributed by atoms with Gasteiger partial charge in [-0.15, -0.1) is 0 Å². The molecular weight excluding hydrogens is 336 g/mol. The molecule has 1 atom stereocenters. The zero-order chi connectivity index (χ0) is 17.8. The van der Waals surface area contributed by atoms with E-state index in [9.17, 15) is 4.79 Å². The normalized spacial score (nSPS) is 15.1. The van der Waals surface area contributed by atoms with Crippen LogP contribution in [0.2, 0.25) is 5.02 Å². The number of anilines is 2. The first kappa shape index (κ1) is 17.6. The van der Waals surface area contributed by atoms with Gasteiger partial charge in [0, 0.05) is 29.5 Å². The Kier molecular flexibility index (Phi) is 5.49. The van der Waals surface area contributed by atoms with Gasteiger partial charge in [0.2, 0.25) is 0 Å². The fourth-order valence-electron chi connectivity index (χ4n) is 2.92. The van der Waals surface area contributed by atoms with Gasteiger partial charge < -0.3 is 15.0 Å². The van der Waals surface area contributed by atoms with Crippen LogP contribution in [0.1, 0.15) is 25.3 Å². The van der Waals surface area contributed by atoms with Gasteiger partial charge in [0.15, 0.2) is 6.10 Å². The summed E-state index contributed by atoms with van der Waals surface area (Å²) in [7, 11) is 0. The number of carbonyl (C=O) groups excluding carboxylic acids is 1. The number of rotatable bonds is 5. The topological polar surface area (TPSA) is 41.6 Å². The highest BCUT2D eigenvalue weighted by Crippen LogP contribution is 2.23. The molecule has 1 aliphatic heterocycles. The fraction of sp³-hybridized carbons (Fsp3) is 0.350. The molecule has 5 heteroatoms. The minimum Gasteiger partial charge on any atom is -0.481 e. The molecule has 1 amide bonds. The molecule has 0 spiro atoms. The Hall–Kier alpha value is -2.20. The molecule has 0 saturated carbocycles. The maximum Gasteiger partial charge on any atom is 0.265 e. The molecule has 1 aliphatic rings. The van der Waals surface area contributed by atoms with E-state index in [0.717, 1.165) is 24.3 Å². The lowest BCUT2D eigenvalue weighted by Crippen LogP contribution is -2.30. The molecule has 1 saturated heterocycles. The van der Waals surface area contributed by atoms with Gasteiger partial charge in [-0.25, -0.2) is 0 Å². The number of amides is 1. The molecule has 25 heavy (non-hydrogen) atoms. The highest BCUT2D eigenvalue weighted by molar-refractivity contribution is 6.31. The number of nitrogens with zero attached hydrogens (tertiary/aromatic N) is 1. The van der Waals surface area contributed by atoms with E-state index < -0.39 is 6.10 Å². The summed E-state index contributed by atoms with van der Waals surface area (Å²) in [5.41, 5.74) is 2.90. The Bertz CT molecular complexity index is 740. The molecule has 1 fully saturated rings. The molecule has 0 aromatic heterocycles. The van der Waals surface area contributed by atoms with Crippen LogP contribution >= 0.6 is 11.6 Å². The number of hydrogen-bond donors (Lipinski definition) is 1. The van der Waals surface area contributed by atoms with E-state index in [4.69, 9.17) is 16.3 Å². The van der Waals surface area contributed by atoms with Crippen molar-refractivity contribution in [3.8, 4) is 5.75 Å². The second kappa shape index (κ2) is 7.79. The highest BCUT2D eigenvalue weighted by Gasteiger charge is 2.16. The monoisotopic (exact) mass is 358 g/mol. The van der Waals surface area contributed by atoms with Gasteiger partial charge in [-0.1, -0.05) is 11.6 Å². The smallest absolute Gasteiger partial charge is 0.265 e. The van der Waals surface area contributed by atoms with Gasteiger partial charge in [-0.3, -0.25) is 4.79 Å². The third-order valence-corrected chi connectivity index (χ3v) is 4.84. The molecule has 0 unspecified atom stereocenters. The van der Waals surface area contributed by atoms with Crippen molar-refractivity contribution < 1.29 is 9.53 Å². The van der Waals surface area contributed by atoms with Gasteiger partial charge in [0.1, 0.15) is 5.75 Å². The van der Waals surface area contributed by atoms with Gasteiger partial charge in [0.05, 0.1) is 0 Å². The average molecular weight is 359 g/mol. The number of aryl methyl sites for hydroxylation is 1. The van der Waals surface area contributed by atoms with E-state index in [-0.39, 0.29) is 5.91 Å². The summed E-state index contributed by atoms with van der Waals surface area (Å²) in [5.74, 6) is 0.454. The molecule has 3 rings (SSSR count). The van der Waals surface area contributed by atoms with Crippen LogP contribution in [0.4, 0.5) is 11.4 Å². The quantitative estimate of drug-likeness (QED) is 0.845. The first-order valence-electron chi connectivity index (χ1n) is 8.61. The van der Waals surface area contributed by atoms with Crippen LogP contribution in [0.3, 0.4) is 0 Å². The number of benzene rings is 2. The van der Waals surface area contributed by atoms with Gasteiger partial charge >= 0.3 is 0 Å². The summed E-state index contributed by atoms with van der Waals surface area (Å²) in [6.45, 7) is 5.86. The highest BCUT2D eigenvalue weighted by atomic mass is 35.5. The van der Waals surface area contributed by atoms with Crippen LogP contribution in [0.25, 0.3) is 0 Å². The number of ether oxygens (including phenoxy) is 1. The fourth-order valence-corrected chi connectivity index (χ4v) is 3.04. The molecule has 2 aromatic carbocycles. The van der Waals surface area contributed by atoms with Crippen LogP contribution in [-0.4, -0.2) is 25.1 Å². The largest absolute Gasteiger partial charge is 0.481 e. The van der Waals surface area contributed by atoms with Crippen LogP contribution in [0.15, 0.2) is 42.5 Å². The van der Waals surface area contributed by atoms with Crippen LogP contribution < -0.4 is 15.0 Å². The van der Waals surface area contributed by atoms with Gasteiger partial charge in [0.25, 0.3) is 5.91 Å². The molecular formula is C20H23ClN2O2. The molecule has 1 N–H and O–H groups in total. The third-order valence-electron chi connectivity index (χ3n) is 4.42. The number of carbonyl (C=O) groups is 1. The van der Waals surface area contributed by atoms with Crippen molar-refractivity contribution in [3.63, 3.8) is 0 Å². The predicted molar refractivity (Wildman–Crippen MR) is 103 cm³/mol. The average Bonchev–Trinajstić information content (AvgIpc) is 3.13. The lowest BCUT2D eigenvalue weighted by atomic mass is 10.2. The number of nitrogens with one attached hydrogen (secondary N) is 1. The van der Waals surface area contributed by atoms with Gasteiger partial charge in [-0.05, 0) is 74.7 Å². The van der Waals surface area contributed by atoms with Crippen LogP contribution in [0.5, 0.6) is 5.75 Å². The molecule has 4 nitrogen and oxygen atoms in total.